The Morgan fingerprint density at radius 1 is 1.11 bits per heavy atom. The normalized spacial score (nSPS) is 12.7. The van der Waals surface area contributed by atoms with Crippen molar-refractivity contribution in [2.24, 2.45) is 5.73 Å². The van der Waals surface area contributed by atoms with Gasteiger partial charge in [-0.15, -0.1) is 0 Å². The molecule has 4 heteroatoms. The van der Waals surface area contributed by atoms with Crippen LogP contribution in [0, 0.1) is 5.82 Å². The summed E-state index contributed by atoms with van der Waals surface area (Å²) in [5.41, 5.74) is 7.36. The summed E-state index contributed by atoms with van der Waals surface area (Å²) >= 11 is 0. The lowest BCUT2D eigenvalue weighted by Crippen LogP contribution is -2.22. The molecule has 0 radical (unpaired) electrons. The van der Waals surface area contributed by atoms with Gasteiger partial charge in [0.2, 0.25) is 0 Å². The summed E-state index contributed by atoms with van der Waals surface area (Å²) in [6.07, 6.45) is 1.78. The highest BCUT2D eigenvalue weighted by Gasteiger charge is 2.18. The van der Waals surface area contributed by atoms with E-state index >= 15 is 0 Å². The SMILES string of the molecule is NCC(c1ccccc1F)n1ncc2ccccc21. The molecular weight excluding hydrogens is 241 g/mol. The zero-order valence-electron chi connectivity index (χ0n) is 10.3. The summed E-state index contributed by atoms with van der Waals surface area (Å²) in [6.45, 7) is 0.298. The lowest BCUT2D eigenvalue weighted by molar-refractivity contribution is 0.510. The predicted molar refractivity (Wildman–Crippen MR) is 73.3 cm³/mol. The number of aromatic nitrogens is 2. The quantitative estimate of drug-likeness (QED) is 0.782. The van der Waals surface area contributed by atoms with Gasteiger partial charge in [-0.05, 0) is 12.1 Å². The molecule has 3 nitrogen and oxygen atoms in total. The van der Waals surface area contributed by atoms with E-state index in [-0.39, 0.29) is 11.9 Å². The van der Waals surface area contributed by atoms with Gasteiger partial charge in [0.25, 0.3) is 0 Å². The number of nitrogens with zero attached hydrogens (tertiary/aromatic N) is 2. The van der Waals surface area contributed by atoms with E-state index < -0.39 is 0 Å². The maximum absolute atomic E-state index is 13.9. The van der Waals surface area contributed by atoms with Crippen LogP contribution >= 0.6 is 0 Å². The average Bonchev–Trinajstić information content (AvgIpc) is 2.86. The maximum atomic E-state index is 13.9. The smallest absolute Gasteiger partial charge is 0.128 e. The molecule has 0 aliphatic carbocycles. The van der Waals surface area contributed by atoms with Crippen LogP contribution in [0.2, 0.25) is 0 Å². The number of nitrogens with two attached hydrogens (primary N) is 1. The fourth-order valence-corrected chi connectivity index (χ4v) is 2.34. The van der Waals surface area contributed by atoms with Crippen molar-refractivity contribution in [3.8, 4) is 0 Å². The lowest BCUT2D eigenvalue weighted by atomic mass is 10.1. The molecule has 0 aliphatic heterocycles. The van der Waals surface area contributed by atoms with Gasteiger partial charge < -0.3 is 5.73 Å². The molecule has 1 aromatic heterocycles. The van der Waals surface area contributed by atoms with Crippen LogP contribution in [0.15, 0.2) is 54.7 Å². The Morgan fingerprint density at radius 2 is 1.84 bits per heavy atom. The van der Waals surface area contributed by atoms with Gasteiger partial charge in [0.15, 0.2) is 0 Å². The van der Waals surface area contributed by atoms with Crippen molar-refractivity contribution in [1.82, 2.24) is 9.78 Å². The lowest BCUT2D eigenvalue weighted by Gasteiger charge is -2.17. The Kier molecular flexibility index (Phi) is 3.01. The van der Waals surface area contributed by atoms with Crippen molar-refractivity contribution in [2.45, 2.75) is 6.04 Å². The molecule has 0 saturated carbocycles. The Morgan fingerprint density at radius 3 is 2.63 bits per heavy atom. The first kappa shape index (κ1) is 11.9. The highest BCUT2D eigenvalue weighted by Crippen LogP contribution is 2.24. The topological polar surface area (TPSA) is 43.8 Å². The van der Waals surface area contributed by atoms with Gasteiger partial charge >= 0.3 is 0 Å². The maximum Gasteiger partial charge on any atom is 0.128 e. The van der Waals surface area contributed by atoms with Gasteiger partial charge in [-0.3, -0.25) is 4.68 Å². The molecule has 0 fully saturated rings. The fourth-order valence-electron chi connectivity index (χ4n) is 2.34. The zero-order chi connectivity index (χ0) is 13.2. The van der Waals surface area contributed by atoms with E-state index in [0.717, 1.165) is 10.9 Å². The van der Waals surface area contributed by atoms with E-state index in [0.29, 0.717) is 12.1 Å². The number of halogens is 1. The van der Waals surface area contributed by atoms with Crippen LogP contribution in [0.5, 0.6) is 0 Å². The number of hydrogen-bond donors (Lipinski definition) is 1. The summed E-state index contributed by atoms with van der Waals surface area (Å²) in [7, 11) is 0. The number of para-hydroxylation sites is 1. The molecule has 0 amide bonds. The van der Waals surface area contributed by atoms with Crippen molar-refractivity contribution in [2.75, 3.05) is 6.54 Å². The minimum absolute atomic E-state index is 0.252. The molecule has 0 aliphatic rings. The minimum atomic E-state index is -0.291. The summed E-state index contributed by atoms with van der Waals surface area (Å²) in [5.74, 6) is -0.252. The number of rotatable bonds is 3. The monoisotopic (exact) mass is 255 g/mol. The second-order valence-electron chi connectivity index (χ2n) is 4.42. The van der Waals surface area contributed by atoms with Crippen LogP contribution in [0.3, 0.4) is 0 Å². The number of fused-ring (bicyclic) bond motifs is 1. The van der Waals surface area contributed by atoms with Crippen LogP contribution in [-0.2, 0) is 0 Å². The molecule has 1 heterocycles. The Labute approximate surface area is 110 Å². The third kappa shape index (κ3) is 2.00. The van der Waals surface area contributed by atoms with Crippen LogP contribution in [0.1, 0.15) is 11.6 Å². The van der Waals surface area contributed by atoms with Crippen molar-refractivity contribution in [3.63, 3.8) is 0 Å². The summed E-state index contributed by atoms with van der Waals surface area (Å²) in [6, 6.07) is 14.2. The van der Waals surface area contributed by atoms with Crippen LogP contribution in [-0.4, -0.2) is 16.3 Å². The molecule has 0 saturated heterocycles. The van der Waals surface area contributed by atoms with E-state index in [2.05, 4.69) is 5.10 Å². The van der Waals surface area contributed by atoms with Gasteiger partial charge in [-0.1, -0.05) is 36.4 Å². The van der Waals surface area contributed by atoms with Gasteiger partial charge in [0.1, 0.15) is 5.82 Å². The second-order valence-corrected chi connectivity index (χ2v) is 4.42. The Hall–Kier alpha value is -2.20. The van der Waals surface area contributed by atoms with Gasteiger partial charge in [-0.25, -0.2) is 4.39 Å². The average molecular weight is 255 g/mol. The molecule has 1 unspecified atom stereocenters. The van der Waals surface area contributed by atoms with Gasteiger partial charge in [-0.2, -0.15) is 5.10 Å². The molecule has 2 aromatic carbocycles. The summed E-state index contributed by atoms with van der Waals surface area (Å²) < 4.78 is 15.7. The number of hydrogen-bond acceptors (Lipinski definition) is 2. The second kappa shape index (κ2) is 4.82. The summed E-state index contributed by atoms with van der Waals surface area (Å²) in [5, 5.41) is 5.38. The molecule has 1 atom stereocenters. The Bertz CT molecular complexity index is 705. The fraction of sp³-hybridized carbons (Fsp3) is 0.133. The van der Waals surface area contributed by atoms with Gasteiger partial charge in [0, 0.05) is 17.5 Å². The van der Waals surface area contributed by atoms with Crippen molar-refractivity contribution >= 4 is 10.9 Å². The molecule has 3 rings (SSSR count). The van der Waals surface area contributed by atoms with Crippen molar-refractivity contribution in [3.05, 3.63) is 66.1 Å². The predicted octanol–water partition coefficient (Wildman–Crippen LogP) is 2.72. The molecular formula is C15H14FN3. The first-order valence-electron chi connectivity index (χ1n) is 6.18. The standard InChI is InChI=1S/C15H14FN3/c16-13-7-3-2-6-12(13)15(9-17)19-14-8-4-1-5-11(14)10-18-19/h1-8,10,15H,9,17H2. The van der Waals surface area contributed by atoms with Crippen LogP contribution in [0.4, 0.5) is 4.39 Å². The highest BCUT2D eigenvalue weighted by molar-refractivity contribution is 5.78. The summed E-state index contributed by atoms with van der Waals surface area (Å²) in [4.78, 5) is 0. The van der Waals surface area contributed by atoms with Crippen molar-refractivity contribution < 1.29 is 4.39 Å². The van der Waals surface area contributed by atoms with E-state index in [1.165, 1.54) is 6.07 Å². The van der Waals surface area contributed by atoms with E-state index in [1.807, 2.05) is 30.3 Å². The van der Waals surface area contributed by atoms with E-state index in [4.69, 9.17) is 5.73 Å². The van der Waals surface area contributed by atoms with Crippen LogP contribution in [0.25, 0.3) is 10.9 Å². The molecule has 19 heavy (non-hydrogen) atoms. The Balaban J connectivity index is 2.15. The van der Waals surface area contributed by atoms with Crippen LogP contribution < -0.4 is 5.73 Å². The molecule has 0 bridgehead atoms. The first-order chi connectivity index (χ1) is 9.31. The number of benzene rings is 2. The van der Waals surface area contributed by atoms with E-state index in [1.54, 1.807) is 23.0 Å². The van der Waals surface area contributed by atoms with Gasteiger partial charge in [0.05, 0.1) is 17.8 Å². The largest absolute Gasteiger partial charge is 0.328 e. The van der Waals surface area contributed by atoms with E-state index in [9.17, 15) is 4.39 Å². The minimum Gasteiger partial charge on any atom is -0.328 e. The third-order valence-electron chi connectivity index (χ3n) is 3.29. The molecule has 2 N–H and O–H groups in total. The molecule has 3 aromatic rings. The third-order valence-corrected chi connectivity index (χ3v) is 3.29. The zero-order valence-corrected chi connectivity index (χ0v) is 10.3. The highest BCUT2D eigenvalue weighted by atomic mass is 19.1. The molecule has 96 valence electrons. The first-order valence-corrected chi connectivity index (χ1v) is 6.18. The van der Waals surface area contributed by atoms with Crippen molar-refractivity contribution in [1.29, 1.82) is 0 Å². The molecule has 0 spiro atoms.